The number of hydrogen-bond acceptors (Lipinski definition) is 2. The number of aliphatic hydroxyl groups is 1. The first-order valence-electron chi connectivity index (χ1n) is 10.0. The van der Waals surface area contributed by atoms with Crippen molar-refractivity contribution in [3.8, 4) is 0 Å². The van der Waals surface area contributed by atoms with E-state index >= 15 is 0 Å². The molecule has 4 rings (SSSR count). The Labute approximate surface area is 141 Å². The summed E-state index contributed by atoms with van der Waals surface area (Å²) in [5.74, 6) is 3.97. The van der Waals surface area contributed by atoms with Crippen LogP contribution in [0.25, 0.3) is 0 Å². The van der Waals surface area contributed by atoms with E-state index in [1.807, 2.05) is 6.92 Å². The van der Waals surface area contributed by atoms with Gasteiger partial charge >= 0.3 is 0 Å². The van der Waals surface area contributed by atoms with Crippen molar-refractivity contribution in [3.05, 3.63) is 0 Å². The molecule has 0 saturated heterocycles. The first-order chi connectivity index (χ1) is 10.9. The summed E-state index contributed by atoms with van der Waals surface area (Å²) in [6.45, 7) is 6.80. The molecular formula is C21H34O2. The van der Waals surface area contributed by atoms with Gasteiger partial charge < -0.3 is 5.11 Å². The molecule has 0 aromatic heterocycles. The van der Waals surface area contributed by atoms with Crippen molar-refractivity contribution in [2.24, 2.45) is 40.4 Å². The minimum Gasteiger partial charge on any atom is -0.393 e. The quantitative estimate of drug-likeness (QED) is 0.767. The van der Waals surface area contributed by atoms with Crippen molar-refractivity contribution in [2.75, 3.05) is 0 Å². The number of carbonyl (C=O) groups excluding carboxylic acids is 1. The van der Waals surface area contributed by atoms with Crippen molar-refractivity contribution >= 4 is 5.78 Å². The molecule has 0 radical (unpaired) electrons. The van der Waals surface area contributed by atoms with Crippen molar-refractivity contribution in [2.45, 2.75) is 84.7 Å². The van der Waals surface area contributed by atoms with Crippen LogP contribution in [-0.4, -0.2) is 17.0 Å². The highest BCUT2D eigenvalue weighted by molar-refractivity contribution is 5.79. The number of hydrogen-bond donors (Lipinski definition) is 1. The van der Waals surface area contributed by atoms with Gasteiger partial charge in [-0.15, -0.1) is 0 Å². The summed E-state index contributed by atoms with van der Waals surface area (Å²) in [6.07, 6.45) is 10.9. The largest absolute Gasteiger partial charge is 0.393 e. The fraction of sp³-hybridized carbons (Fsp3) is 0.952. The molecule has 2 nitrogen and oxygen atoms in total. The van der Waals surface area contributed by atoms with Gasteiger partial charge in [-0.05, 0) is 99.2 Å². The molecule has 0 amide bonds. The Morgan fingerprint density at radius 2 is 1.61 bits per heavy atom. The van der Waals surface area contributed by atoms with E-state index in [1.54, 1.807) is 0 Å². The second-order valence-electron chi connectivity index (χ2n) is 9.87. The Kier molecular flexibility index (Phi) is 3.72. The molecule has 0 unspecified atom stereocenters. The average molecular weight is 319 g/mol. The zero-order valence-electron chi connectivity index (χ0n) is 15.2. The van der Waals surface area contributed by atoms with Crippen LogP contribution in [0.5, 0.6) is 0 Å². The van der Waals surface area contributed by atoms with Crippen LogP contribution >= 0.6 is 0 Å². The van der Waals surface area contributed by atoms with Crippen molar-refractivity contribution in [3.63, 3.8) is 0 Å². The highest BCUT2D eigenvalue weighted by Gasteiger charge is 2.60. The number of ketones is 1. The van der Waals surface area contributed by atoms with Gasteiger partial charge in [-0.2, -0.15) is 0 Å². The topological polar surface area (TPSA) is 37.3 Å². The molecular weight excluding hydrogens is 284 g/mol. The lowest BCUT2D eigenvalue weighted by Crippen LogP contribution is -2.54. The molecule has 0 aliphatic heterocycles. The van der Waals surface area contributed by atoms with E-state index in [0.29, 0.717) is 17.1 Å². The van der Waals surface area contributed by atoms with Gasteiger partial charge in [0, 0.05) is 5.92 Å². The van der Waals surface area contributed by atoms with E-state index in [2.05, 4.69) is 13.8 Å². The number of Topliss-reactive ketones (excluding diaryl/α,β-unsaturated/α-hetero) is 1. The van der Waals surface area contributed by atoms with Gasteiger partial charge in [-0.25, -0.2) is 0 Å². The number of carbonyl (C=O) groups is 1. The summed E-state index contributed by atoms with van der Waals surface area (Å²) >= 11 is 0. The first kappa shape index (κ1) is 16.1. The minimum absolute atomic E-state index is 0.0490. The van der Waals surface area contributed by atoms with Crippen LogP contribution in [0.2, 0.25) is 0 Å². The number of fused-ring (bicyclic) bond motifs is 5. The average Bonchev–Trinajstić information content (AvgIpc) is 2.85. The Bertz CT molecular complexity index is 500. The summed E-state index contributed by atoms with van der Waals surface area (Å²) in [7, 11) is 0. The molecule has 0 aromatic rings. The number of rotatable bonds is 1. The SMILES string of the molecule is CC(=O)[C@H]1CC[C@H]2[C@@H]3CC[C@H]4C[C@H](O)CC[C@@]4(C)[C@@H]3CC[C@]12C. The molecule has 4 saturated carbocycles. The summed E-state index contributed by atoms with van der Waals surface area (Å²) in [4.78, 5) is 12.2. The molecule has 4 aliphatic carbocycles. The fourth-order valence-electron chi connectivity index (χ4n) is 7.90. The standard InChI is InChI=1S/C21H34O2/c1-13(22)17-6-7-18-16-5-4-14-12-15(23)8-10-20(14,2)19(16)9-11-21(17,18)3/h14-19,23H,4-12H2,1-3H3/t14-,15+,16-,17+,18-,19+,20+,21+/m0/s1. The Balaban J connectivity index is 1.61. The molecule has 1 N–H and O–H groups in total. The van der Waals surface area contributed by atoms with Gasteiger partial charge in [-0.1, -0.05) is 13.8 Å². The molecule has 23 heavy (non-hydrogen) atoms. The van der Waals surface area contributed by atoms with Crippen LogP contribution in [0.4, 0.5) is 0 Å². The molecule has 0 spiro atoms. The maximum absolute atomic E-state index is 12.2. The van der Waals surface area contributed by atoms with E-state index in [4.69, 9.17) is 0 Å². The minimum atomic E-state index is -0.0490. The van der Waals surface area contributed by atoms with Gasteiger partial charge in [-0.3, -0.25) is 4.79 Å². The van der Waals surface area contributed by atoms with Crippen LogP contribution in [0.1, 0.15) is 78.6 Å². The molecule has 2 heteroatoms. The Morgan fingerprint density at radius 3 is 2.35 bits per heavy atom. The number of aliphatic hydroxyl groups excluding tert-OH is 1. The fourth-order valence-corrected chi connectivity index (χ4v) is 7.90. The summed E-state index contributed by atoms with van der Waals surface area (Å²) in [5.41, 5.74) is 0.738. The maximum atomic E-state index is 12.2. The summed E-state index contributed by atoms with van der Waals surface area (Å²) in [5, 5.41) is 10.1. The smallest absolute Gasteiger partial charge is 0.133 e. The monoisotopic (exact) mass is 318 g/mol. The molecule has 0 aromatic carbocycles. The third-order valence-electron chi connectivity index (χ3n) is 9.13. The van der Waals surface area contributed by atoms with Crippen LogP contribution in [-0.2, 0) is 4.79 Å². The van der Waals surface area contributed by atoms with E-state index in [9.17, 15) is 9.90 Å². The van der Waals surface area contributed by atoms with Gasteiger partial charge in [0.25, 0.3) is 0 Å². The van der Waals surface area contributed by atoms with Crippen LogP contribution in [0, 0.1) is 40.4 Å². The second-order valence-corrected chi connectivity index (χ2v) is 9.87. The molecule has 0 bridgehead atoms. The Hall–Kier alpha value is -0.370. The van der Waals surface area contributed by atoms with Gasteiger partial charge in [0.15, 0.2) is 0 Å². The molecule has 8 atom stereocenters. The molecule has 4 fully saturated rings. The molecule has 4 aliphatic rings. The van der Waals surface area contributed by atoms with Crippen molar-refractivity contribution in [1.82, 2.24) is 0 Å². The van der Waals surface area contributed by atoms with Gasteiger partial charge in [0.2, 0.25) is 0 Å². The lowest BCUT2D eigenvalue weighted by molar-refractivity contribution is -0.138. The van der Waals surface area contributed by atoms with E-state index < -0.39 is 0 Å². The zero-order valence-corrected chi connectivity index (χ0v) is 15.2. The van der Waals surface area contributed by atoms with Gasteiger partial charge in [0.1, 0.15) is 5.78 Å². The normalized spacial score (nSPS) is 55.7. The predicted octanol–water partition coefficient (Wildman–Crippen LogP) is 4.60. The summed E-state index contributed by atoms with van der Waals surface area (Å²) in [6, 6.07) is 0. The first-order valence-corrected chi connectivity index (χ1v) is 10.0. The lowest BCUT2D eigenvalue weighted by atomic mass is 9.44. The Morgan fingerprint density at radius 1 is 0.913 bits per heavy atom. The molecule has 0 heterocycles. The maximum Gasteiger partial charge on any atom is 0.133 e. The van der Waals surface area contributed by atoms with Crippen LogP contribution < -0.4 is 0 Å². The second kappa shape index (κ2) is 5.31. The van der Waals surface area contributed by atoms with Crippen LogP contribution in [0.15, 0.2) is 0 Å². The highest BCUT2D eigenvalue weighted by Crippen LogP contribution is 2.67. The van der Waals surface area contributed by atoms with E-state index in [1.165, 1.54) is 38.5 Å². The van der Waals surface area contributed by atoms with Crippen molar-refractivity contribution in [1.29, 1.82) is 0 Å². The van der Waals surface area contributed by atoms with Crippen LogP contribution in [0.3, 0.4) is 0 Å². The third kappa shape index (κ3) is 2.19. The summed E-state index contributed by atoms with van der Waals surface area (Å²) < 4.78 is 0. The lowest BCUT2D eigenvalue weighted by Gasteiger charge is -2.60. The van der Waals surface area contributed by atoms with E-state index in [-0.39, 0.29) is 11.5 Å². The highest BCUT2D eigenvalue weighted by atomic mass is 16.3. The predicted molar refractivity (Wildman–Crippen MR) is 91.9 cm³/mol. The van der Waals surface area contributed by atoms with Crippen molar-refractivity contribution < 1.29 is 9.90 Å². The van der Waals surface area contributed by atoms with Gasteiger partial charge in [0.05, 0.1) is 6.10 Å². The molecule has 130 valence electrons. The zero-order chi connectivity index (χ0) is 16.4. The van der Waals surface area contributed by atoms with E-state index in [0.717, 1.165) is 42.9 Å². The third-order valence-corrected chi connectivity index (χ3v) is 9.13.